The van der Waals surface area contributed by atoms with Crippen LogP contribution in [0.15, 0.2) is 12.1 Å². The van der Waals surface area contributed by atoms with Crippen LogP contribution in [0.3, 0.4) is 0 Å². The van der Waals surface area contributed by atoms with Gasteiger partial charge in [-0.15, -0.1) is 11.3 Å². The Hall–Kier alpha value is -2.02. The van der Waals surface area contributed by atoms with E-state index < -0.39 is 22.3 Å². The average molecular weight is 499 g/mol. The second-order valence-electron chi connectivity index (χ2n) is 8.70. The lowest BCUT2D eigenvalue weighted by atomic mass is 9.84. The number of hydrogen-bond donors (Lipinski definition) is 5. The number of carbonyl (C=O) groups is 2. The molecule has 1 aromatic rings. The molecule has 1 saturated carbocycles. The minimum atomic E-state index is -3.81. The molecule has 12 heteroatoms. The summed E-state index contributed by atoms with van der Waals surface area (Å²) in [6, 6.07) is 2.03. The minimum absolute atomic E-state index is 0.0156. The van der Waals surface area contributed by atoms with Crippen LogP contribution in [-0.4, -0.2) is 56.6 Å². The van der Waals surface area contributed by atoms with Crippen molar-refractivity contribution in [3.63, 3.8) is 0 Å². The molecule has 6 N–H and O–H groups in total. The SMILES string of the molecule is CNS(=O)(=O)NC(CC1CCCCC1)C(=O)N1CCCC1C(=O)NCc1ccc(C(=N)N)s1. The third-order valence-corrected chi connectivity index (χ3v) is 8.61. The summed E-state index contributed by atoms with van der Waals surface area (Å²) in [5, 5.41) is 10.4. The number of nitrogens with two attached hydrogens (primary N) is 1. The number of amides is 2. The summed E-state index contributed by atoms with van der Waals surface area (Å²) < 4.78 is 29.1. The van der Waals surface area contributed by atoms with E-state index in [2.05, 4.69) is 14.8 Å². The van der Waals surface area contributed by atoms with Crippen LogP contribution in [0.25, 0.3) is 0 Å². The number of rotatable bonds is 10. The van der Waals surface area contributed by atoms with E-state index in [-0.39, 0.29) is 30.1 Å². The Morgan fingerprint density at radius 1 is 1.21 bits per heavy atom. The van der Waals surface area contributed by atoms with Gasteiger partial charge >= 0.3 is 0 Å². The van der Waals surface area contributed by atoms with Crippen LogP contribution in [0.2, 0.25) is 0 Å². The summed E-state index contributed by atoms with van der Waals surface area (Å²) in [7, 11) is -2.50. The highest BCUT2D eigenvalue weighted by molar-refractivity contribution is 7.87. The zero-order chi connectivity index (χ0) is 24.0. The van der Waals surface area contributed by atoms with E-state index in [1.807, 2.05) is 6.07 Å². The smallest absolute Gasteiger partial charge is 0.277 e. The molecule has 2 aliphatic rings. The first-order valence-electron chi connectivity index (χ1n) is 11.4. The van der Waals surface area contributed by atoms with Crippen LogP contribution >= 0.6 is 11.3 Å². The van der Waals surface area contributed by atoms with Crippen LogP contribution in [0, 0.1) is 11.3 Å². The predicted octanol–water partition coefficient (Wildman–Crippen LogP) is 1.03. The van der Waals surface area contributed by atoms with Crippen molar-refractivity contribution in [3.05, 3.63) is 21.9 Å². The third-order valence-electron chi connectivity index (χ3n) is 6.36. The van der Waals surface area contributed by atoms with Gasteiger partial charge in [0.25, 0.3) is 10.2 Å². The molecule has 0 radical (unpaired) electrons. The Bertz CT molecular complexity index is 958. The van der Waals surface area contributed by atoms with Crippen molar-refractivity contribution in [2.45, 2.75) is 70.0 Å². The molecule has 0 aromatic carbocycles. The van der Waals surface area contributed by atoms with Crippen molar-refractivity contribution in [2.75, 3.05) is 13.6 Å². The lowest BCUT2D eigenvalue weighted by Gasteiger charge is -2.31. The number of nitrogens with zero attached hydrogens (tertiary/aromatic N) is 1. The molecule has 2 fully saturated rings. The normalized spacial score (nSPS) is 20.5. The quantitative estimate of drug-likeness (QED) is 0.240. The zero-order valence-electron chi connectivity index (χ0n) is 18.9. The molecule has 10 nitrogen and oxygen atoms in total. The van der Waals surface area contributed by atoms with Crippen molar-refractivity contribution in [3.8, 4) is 0 Å². The fraction of sp³-hybridized carbons (Fsp3) is 0.667. The number of nitrogens with one attached hydrogen (secondary N) is 4. The second kappa shape index (κ2) is 11.4. The van der Waals surface area contributed by atoms with E-state index in [0.717, 1.165) is 30.6 Å². The number of thiophene rings is 1. The van der Waals surface area contributed by atoms with Gasteiger partial charge in [0.2, 0.25) is 11.8 Å². The van der Waals surface area contributed by atoms with Gasteiger partial charge in [0.15, 0.2) is 0 Å². The number of carbonyl (C=O) groups excluding carboxylic acids is 2. The van der Waals surface area contributed by atoms with Crippen molar-refractivity contribution in [1.82, 2.24) is 19.7 Å². The maximum absolute atomic E-state index is 13.4. The molecule has 1 aromatic heterocycles. The standard InChI is InChI=1S/C21H34N6O4S2/c1-24-33(30,31)26-16(12-14-6-3-2-4-7-14)21(29)27-11-5-8-17(27)20(28)25-13-15-9-10-18(32-15)19(22)23/h9-10,14,16-17,24,26H,2-8,11-13H2,1H3,(H3,22,23)(H,25,28). The molecule has 184 valence electrons. The van der Waals surface area contributed by atoms with Gasteiger partial charge in [0.05, 0.1) is 11.4 Å². The van der Waals surface area contributed by atoms with E-state index in [4.69, 9.17) is 11.1 Å². The average Bonchev–Trinajstić information content (AvgIpc) is 3.47. The monoisotopic (exact) mass is 498 g/mol. The van der Waals surface area contributed by atoms with Crippen LogP contribution < -0.4 is 20.5 Å². The van der Waals surface area contributed by atoms with Gasteiger partial charge < -0.3 is 16.0 Å². The highest BCUT2D eigenvalue weighted by atomic mass is 32.2. The maximum Gasteiger partial charge on any atom is 0.277 e. The highest BCUT2D eigenvalue weighted by Crippen LogP contribution is 2.29. The number of amidine groups is 1. The Morgan fingerprint density at radius 2 is 1.94 bits per heavy atom. The number of nitrogen functional groups attached to an aromatic ring is 1. The Labute approximate surface area is 199 Å². The summed E-state index contributed by atoms with van der Waals surface area (Å²) in [5.74, 6) is -0.326. The molecule has 2 atom stereocenters. The van der Waals surface area contributed by atoms with Crippen LogP contribution in [-0.2, 0) is 26.3 Å². The van der Waals surface area contributed by atoms with E-state index in [0.29, 0.717) is 30.7 Å². The van der Waals surface area contributed by atoms with Crippen molar-refractivity contribution in [2.24, 2.45) is 11.7 Å². The molecule has 2 amide bonds. The van der Waals surface area contributed by atoms with Crippen molar-refractivity contribution in [1.29, 1.82) is 5.41 Å². The van der Waals surface area contributed by atoms with Gasteiger partial charge in [-0.05, 0) is 37.3 Å². The Morgan fingerprint density at radius 3 is 2.58 bits per heavy atom. The Kier molecular flexibility index (Phi) is 8.85. The minimum Gasteiger partial charge on any atom is -0.383 e. The summed E-state index contributed by atoms with van der Waals surface area (Å²) in [5.41, 5.74) is 5.49. The topological polar surface area (TPSA) is 157 Å². The van der Waals surface area contributed by atoms with Crippen molar-refractivity contribution < 1.29 is 18.0 Å². The lowest BCUT2D eigenvalue weighted by Crippen LogP contribution is -2.55. The van der Waals surface area contributed by atoms with Crippen LogP contribution in [0.1, 0.15) is 61.1 Å². The highest BCUT2D eigenvalue weighted by Gasteiger charge is 2.39. The summed E-state index contributed by atoms with van der Waals surface area (Å²) in [6.07, 6.45) is 6.98. The van der Waals surface area contributed by atoms with Gasteiger partial charge in [0, 0.05) is 18.5 Å². The summed E-state index contributed by atoms with van der Waals surface area (Å²) >= 11 is 1.34. The first-order chi connectivity index (χ1) is 15.7. The van der Waals surface area contributed by atoms with Gasteiger partial charge in [-0.1, -0.05) is 32.1 Å². The molecular weight excluding hydrogens is 464 g/mol. The van der Waals surface area contributed by atoms with Gasteiger partial charge in [0.1, 0.15) is 17.9 Å². The fourth-order valence-electron chi connectivity index (χ4n) is 4.61. The second-order valence-corrected chi connectivity index (χ2v) is 11.5. The molecule has 3 rings (SSSR count). The molecule has 33 heavy (non-hydrogen) atoms. The van der Waals surface area contributed by atoms with Gasteiger partial charge in [-0.25, -0.2) is 4.72 Å². The lowest BCUT2D eigenvalue weighted by molar-refractivity contribution is -0.140. The van der Waals surface area contributed by atoms with Gasteiger partial charge in [-0.2, -0.15) is 13.1 Å². The molecule has 1 aliphatic carbocycles. The Balaban J connectivity index is 1.66. The van der Waals surface area contributed by atoms with Gasteiger partial charge in [-0.3, -0.25) is 15.0 Å². The first-order valence-corrected chi connectivity index (χ1v) is 13.7. The number of hydrogen-bond acceptors (Lipinski definition) is 6. The predicted molar refractivity (Wildman–Crippen MR) is 128 cm³/mol. The molecule has 1 saturated heterocycles. The number of likely N-dealkylation sites (tertiary alicyclic amines) is 1. The fourth-order valence-corrected chi connectivity index (χ4v) is 6.11. The molecule has 0 bridgehead atoms. The van der Waals surface area contributed by atoms with Crippen LogP contribution in [0.5, 0.6) is 0 Å². The van der Waals surface area contributed by atoms with E-state index in [1.165, 1.54) is 29.7 Å². The van der Waals surface area contributed by atoms with E-state index in [1.54, 1.807) is 6.07 Å². The van der Waals surface area contributed by atoms with Crippen molar-refractivity contribution >= 4 is 39.2 Å². The van der Waals surface area contributed by atoms with E-state index >= 15 is 0 Å². The first kappa shape index (κ1) is 25.6. The zero-order valence-corrected chi connectivity index (χ0v) is 20.6. The maximum atomic E-state index is 13.4. The van der Waals surface area contributed by atoms with E-state index in [9.17, 15) is 18.0 Å². The molecule has 2 unspecified atom stereocenters. The molecule has 0 spiro atoms. The molecule has 2 heterocycles. The molecular formula is C21H34N6O4S2. The summed E-state index contributed by atoms with van der Waals surface area (Å²) in [6.45, 7) is 0.708. The van der Waals surface area contributed by atoms with Crippen LogP contribution in [0.4, 0.5) is 0 Å². The summed E-state index contributed by atoms with van der Waals surface area (Å²) in [4.78, 5) is 29.4. The third kappa shape index (κ3) is 6.98. The largest absolute Gasteiger partial charge is 0.383 e. The molecule has 1 aliphatic heterocycles.